The summed E-state index contributed by atoms with van der Waals surface area (Å²) in [5.74, 6) is -13.6. The van der Waals surface area contributed by atoms with E-state index in [1.54, 1.807) is 0 Å². The Hall–Kier alpha value is -6.74. The van der Waals surface area contributed by atoms with Crippen LogP contribution in [0.4, 0.5) is 0 Å². The number of carbonyl (C=O) groups is 11. The van der Waals surface area contributed by atoms with E-state index in [2.05, 4.69) is 41.7 Å². The summed E-state index contributed by atoms with van der Waals surface area (Å²) in [6.45, 7) is 5.57. The fourth-order valence-electron chi connectivity index (χ4n) is 6.66. The molecule has 1 aliphatic heterocycles. The van der Waals surface area contributed by atoms with E-state index in [4.69, 9.17) is 27.0 Å². The van der Waals surface area contributed by atoms with Gasteiger partial charge < -0.3 is 74.5 Å². The van der Waals surface area contributed by atoms with Crippen LogP contribution in [0, 0.1) is 11.8 Å². The molecule has 1 saturated heterocycles. The zero-order valence-electron chi connectivity index (χ0n) is 38.2. The van der Waals surface area contributed by atoms with Gasteiger partial charge in [0, 0.05) is 12.8 Å². The van der Waals surface area contributed by atoms with Crippen molar-refractivity contribution >= 4 is 72.9 Å². The fourth-order valence-corrected chi connectivity index (χ4v) is 7.05. The Bertz CT molecular complexity index is 2100. The summed E-state index contributed by atoms with van der Waals surface area (Å²) >= 11 is 0. The number of carboxylic acid groups (broad SMARTS) is 1. The van der Waals surface area contributed by atoms with Crippen LogP contribution in [-0.2, 0) is 63.7 Å². The summed E-state index contributed by atoms with van der Waals surface area (Å²) in [4.78, 5) is 160. The van der Waals surface area contributed by atoms with Crippen molar-refractivity contribution < 1.29 is 81.8 Å². The Labute approximate surface area is 395 Å². The second-order valence-corrected chi connectivity index (χ2v) is 17.9. The third-order valence-electron chi connectivity index (χ3n) is 10.3. The monoisotopic (exact) mass is 999 g/mol. The third-order valence-corrected chi connectivity index (χ3v) is 10.7. The lowest BCUT2D eigenvalue weighted by Crippen LogP contribution is -2.62. The van der Waals surface area contributed by atoms with E-state index in [0.717, 1.165) is 0 Å². The van der Waals surface area contributed by atoms with Gasteiger partial charge in [0.25, 0.3) is 0 Å². The highest BCUT2D eigenvalue weighted by molar-refractivity contribution is 7.46. The van der Waals surface area contributed by atoms with Gasteiger partial charge in [0.1, 0.15) is 48.0 Å². The molecule has 69 heavy (non-hydrogen) atoms. The van der Waals surface area contributed by atoms with Crippen LogP contribution in [0.1, 0.15) is 71.8 Å². The standard InChI is InChI=1S/C40H62N11O17P/c1-18(2)31(38(61)45-23(11-12-28(41)53)34(57)48-26(40(63)64)16-30(43)55)51-36(59)25(15-29(42)54)47-39(62)32(19(3)4)50-35(58)24(14-20-7-9-21(10-8-20)68-69(65,66)67)46-37(60)27(17-52)49-33(56)22-6-5-13-44-22/h7-10,18-19,22-27,31-32,44,52H,5-6,11-17H2,1-4H3,(H2,41,53)(H2,42,54)(H2,43,55)(H,45,61)(H,46,60)(H,47,62)(H,48,57)(H,49,56)(H,50,58)(H,51,59)(H,63,64)(H2,65,66,67)/t22-,23-,24-,25-,26-,27-,31-,32-/m0/s1. The van der Waals surface area contributed by atoms with Crippen molar-refractivity contribution in [1.29, 1.82) is 0 Å². The van der Waals surface area contributed by atoms with E-state index in [1.165, 1.54) is 52.0 Å². The van der Waals surface area contributed by atoms with Crippen molar-refractivity contribution in [2.24, 2.45) is 29.0 Å². The Morgan fingerprint density at radius 1 is 0.652 bits per heavy atom. The number of hydrogen-bond acceptors (Lipinski definition) is 15. The number of primary amides is 3. The summed E-state index contributed by atoms with van der Waals surface area (Å²) in [5.41, 5.74) is 16.0. The van der Waals surface area contributed by atoms with E-state index in [-0.39, 0.29) is 17.7 Å². The first-order valence-electron chi connectivity index (χ1n) is 21.5. The lowest BCUT2D eigenvalue weighted by molar-refractivity contribution is -0.144. The summed E-state index contributed by atoms with van der Waals surface area (Å²) in [6, 6.07) is -7.13. The molecule has 0 aromatic heterocycles. The average Bonchev–Trinajstić information content (AvgIpc) is 3.79. The van der Waals surface area contributed by atoms with E-state index in [9.17, 15) is 67.5 Å². The number of carboxylic acids is 1. The number of hydrogen-bond donors (Lipinski definition) is 15. The summed E-state index contributed by atoms with van der Waals surface area (Å²) < 4.78 is 15.9. The number of phosphoric acid groups is 1. The zero-order valence-corrected chi connectivity index (χ0v) is 39.1. The van der Waals surface area contributed by atoms with E-state index in [1.807, 2.05) is 5.32 Å². The molecule has 0 aliphatic carbocycles. The topological polar surface area (TPSA) is 469 Å². The van der Waals surface area contributed by atoms with Crippen LogP contribution in [0.15, 0.2) is 24.3 Å². The Kier molecular flexibility index (Phi) is 23.1. The summed E-state index contributed by atoms with van der Waals surface area (Å²) in [7, 11) is -4.94. The first-order chi connectivity index (χ1) is 32.1. The first kappa shape index (κ1) is 58.4. The van der Waals surface area contributed by atoms with Crippen LogP contribution < -0.4 is 64.3 Å². The minimum atomic E-state index is -4.94. The molecule has 29 heteroatoms. The van der Waals surface area contributed by atoms with E-state index in [0.29, 0.717) is 19.4 Å². The number of aliphatic hydroxyl groups is 1. The Morgan fingerprint density at radius 2 is 1.12 bits per heavy atom. The SMILES string of the molecule is CC(C)[C@H](NC(=O)[C@H](CC(N)=O)NC(=O)[C@@H](NC(=O)[C@H](Cc1ccc(OP(=O)(O)O)cc1)NC(=O)[C@H](CO)NC(=O)[C@@H]1CCCN1)C(C)C)C(=O)N[C@@H](CCC(N)=O)C(=O)N[C@@H](CC(N)=O)C(=O)O. The normalized spacial score (nSPS) is 16.5. The van der Waals surface area contributed by atoms with Crippen LogP contribution in [-0.4, -0.2) is 147 Å². The molecule has 0 spiro atoms. The van der Waals surface area contributed by atoms with Crippen molar-refractivity contribution in [2.75, 3.05) is 13.2 Å². The van der Waals surface area contributed by atoms with E-state index >= 15 is 0 Å². The number of aliphatic hydroxyl groups excluding tert-OH is 1. The summed E-state index contributed by atoms with van der Waals surface area (Å²) in [6.07, 6.45) is -1.82. The maximum atomic E-state index is 14.1. The van der Waals surface area contributed by atoms with Crippen LogP contribution in [0.2, 0.25) is 0 Å². The van der Waals surface area contributed by atoms with Gasteiger partial charge in [-0.25, -0.2) is 9.36 Å². The predicted octanol–water partition coefficient (Wildman–Crippen LogP) is -5.75. The third kappa shape index (κ3) is 20.6. The fraction of sp³-hybridized carbons (Fsp3) is 0.575. The quantitative estimate of drug-likeness (QED) is 0.0333. The van der Waals surface area contributed by atoms with Crippen LogP contribution in [0.5, 0.6) is 5.75 Å². The van der Waals surface area contributed by atoms with Crippen molar-refractivity contribution in [3.63, 3.8) is 0 Å². The number of nitrogens with one attached hydrogen (secondary N) is 8. The van der Waals surface area contributed by atoms with Crippen LogP contribution >= 0.6 is 7.82 Å². The minimum absolute atomic E-state index is 0.242. The smallest absolute Gasteiger partial charge is 0.480 e. The highest BCUT2D eigenvalue weighted by Gasteiger charge is 2.37. The maximum absolute atomic E-state index is 14.1. The molecule has 10 amide bonds. The van der Waals surface area contributed by atoms with Gasteiger partial charge in [0.15, 0.2) is 0 Å². The predicted molar refractivity (Wildman–Crippen MR) is 238 cm³/mol. The molecule has 0 saturated carbocycles. The molecule has 18 N–H and O–H groups in total. The number of rotatable bonds is 29. The van der Waals surface area contributed by atoms with Gasteiger partial charge in [-0.15, -0.1) is 0 Å². The maximum Gasteiger partial charge on any atom is 0.524 e. The van der Waals surface area contributed by atoms with Crippen molar-refractivity contribution in [3.8, 4) is 5.75 Å². The molecule has 0 radical (unpaired) electrons. The van der Waals surface area contributed by atoms with Gasteiger partial charge in [-0.2, -0.15) is 0 Å². The van der Waals surface area contributed by atoms with Gasteiger partial charge in [-0.1, -0.05) is 39.8 Å². The average molecular weight is 1000 g/mol. The molecule has 1 aliphatic rings. The largest absolute Gasteiger partial charge is 0.524 e. The molecule has 8 atom stereocenters. The molecule has 0 bridgehead atoms. The zero-order chi connectivity index (χ0) is 52.3. The van der Waals surface area contributed by atoms with Gasteiger partial charge in [-0.05, 0) is 55.3 Å². The first-order valence-corrected chi connectivity index (χ1v) is 23.0. The number of nitrogens with two attached hydrogens (primary N) is 3. The summed E-state index contributed by atoms with van der Waals surface area (Å²) in [5, 5.41) is 38.8. The van der Waals surface area contributed by atoms with Gasteiger partial charge in [0.2, 0.25) is 59.1 Å². The van der Waals surface area contributed by atoms with Crippen LogP contribution in [0.3, 0.4) is 0 Å². The van der Waals surface area contributed by atoms with E-state index < -0.39 is 165 Å². The molecule has 28 nitrogen and oxygen atoms in total. The van der Waals surface area contributed by atoms with Crippen molar-refractivity contribution in [3.05, 3.63) is 29.8 Å². The van der Waals surface area contributed by atoms with Gasteiger partial charge in [-0.3, -0.25) is 57.7 Å². The number of amides is 10. The molecule has 1 fully saturated rings. The second kappa shape index (κ2) is 27.3. The molecular weight excluding hydrogens is 937 g/mol. The number of benzene rings is 1. The number of aliphatic carboxylic acids is 1. The van der Waals surface area contributed by atoms with Crippen molar-refractivity contribution in [1.82, 2.24) is 42.5 Å². The number of phosphoric ester groups is 1. The Balaban J connectivity index is 2.39. The number of carbonyl (C=O) groups excluding carboxylic acids is 10. The lowest BCUT2D eigenvalue weighted by Gasteiger charge is -2.29. The van der Waals surface area contributed by atoms with Crippen molar-refractivity contribution in [2.45, 2.75) is 121 Å². The highest BCUT2D eigenvalue weighted by atomic mass is 31.2. The highest BCUT2D eigenvalue weighted by Crippen LogP contribution is 2.37. The molecule has 0 unspecified atom stereocenters. The second-order valence-electron chi connectivity index (χ2n) is 16.7. The molecule has 1 heterocycles. The Morgan fingerprint density at radius 3 is 1.57 bits per heavy atom. The van der Waals surface area contributed by atoms with Crippen LogP contribution in [0.25, 0.3) is 0 Å². The molecule has 1 aromatic rings. The molecule has 384 valence electrons. The van der Waals surface area contributed by atoms with Gasteiger partial charge >= 0.3 is 13.8 Å². The molecule has 2 rings (SSSR count). The minimum Gasteiger partial charge on any atom is -0.480 e. The molecule has 1 aromatic carbocycles. The van der Waals surface area contributed by atoms with Gasteiger partial charge in [0.05, 0.1) is 25.5 Å². The lowest BCUT2D eigenvalue weighted by atomic mass is 9.99. The molecular formula is C40H62N11O17P.